The lowest BCUT2D eigenvalue weighted by Gasteiger charge is -2.33. The lowest BCUT2D eigenvalue weighted by molar-refractivity contribution is -0.0367. The number of ether oxygens (including phenoxy) is 3. The van der Waals surface area contributed by atoms with Crippen LogP contribution in [-0.2, 0) is 14.2 Å². The number of nitrogens with zero attached hydrogens (tertiary/aromatic N) is 3. The molecular weight excluding hydrogens is 296 g/mol. The highest BCUT2D eigenvalue weighted by atomic mass is 16.5. The maximum Gasteiger partial charge on any atom is 0.148 e. The van der Waals surface area contributed by atoms with Crippen molar-refractivity contribution in [2.24, 2.45) is 0 Å². The molecule has 0 unspecified atom stereocenters. The van der Waals surface area contributed by atoms with Gasteiger partial charge in [-0.1, -0.05) is 0 Å². The first-order chi connectivity index (χ1) is 11.4. The third-order valence-corrected chi connectivity index (χ3v) is 4.19. The second-order valence-corrected chi connectivity index (χ2v) is 5.99. The molecule has 0 aromatic carbocycles. The van der Waals surface area contributed by atoms with Crippen LogP contribution < -0.4 is 5.32 Å². The van der Waals surface area contributed by atoms with Crippen molar-refractivity contribution in [2.45, 2.75) is 25.0 Å². The number of aromatic nitrogens is 2. The minimum atomic E-state index is 0.170. The Bertz CT molecular complexity index is 442. The van der Waals surface area contributed by atoms with Gasteiger partial charge in [-0.25, -0.2) is 0 Å². The number of hydrogen-bond acceptors (Lipinski definition) is 7. The molecule has 0 radical (unpaired) electrons. The Hall–Kier alpha value is -1.28. The van der Waals surface area contributed by atoms with Gasteiger partial charge in [0.2, 0.25) is 0 Å². The molecule has 2 saturated heterocycles. The van der Waals surface area contributed by atoms with Crippen molar-refractivity contribution < 1.29 is 14.2 Å². The van der Waals surface area contributed by atoms with Gasteiger partial charge in [-0.2, -0.15) is 5.10 Å². The van der Waals surface area contributed by atoms with Crippen LogP contribution in [0, 0.1) is 0 Å². The topological polar surface area (TPSA) is 68.7 Å². The molecule has 7 heteroatoms. The van der Waals surface area contributed by atoms with Crippen LogP contribution in [0.2, 0.25) is 0 Å². The SMILES string of the molecule is c1cnnc(NC[C@@H]2CN(CCOC[C@H]3CCCO3)CCO2)c1. The summed E-state index contributed by atoms with van der Waals surface area (Å²) in [6.07, 6.45) is 4.44. The second-order valence-electron chi connectivity index (χ2n) is 5.99. The molecule has 3 rings (SSSR count). The summed E-state index contributed by atoms with van der Waals surface area (Å²) in [5.74, 6) is 0.785. The zero-order valence-corrected chi connectivity index (χ0v) is 13.5. The Kier molecular flexibility index (Phi) is 6.57. The highest BCUT2D eigenvalue weighted by Crippen LogP contribution is 2.12. The second kappa shape index (κ2) is 9.12. The molecular formula is C16H26N4O3. The van der Waals surface area contributed by atoms with Gasteiger partial charge in [0.05, 0.1) is 32.0 Å². The molecule has 3 heterocycles. The van der Waals surface area contributed by atoms with Crippen molar-refractivity contribution >= 4 is 5.82 Å². The summed E-state index contributed by atoms with van der Waals surface area (Å²) in [5.41, 5.74) is 0. The third-order valence-electron chi connectivity index (χ3n) is 4.19. The summed E-state index contributed by atoms with van der Waals surface area (Å²) in [7, 11) is 0. The highest BCUT2D eigenvalue weighted by Gasteiger charge is 2.20. The third kappa shape index (κ3) is 5.69. The van der Waals surface area contributed by atoms with Crippen LogP contribution in [0.15, 0.2) is 18.3 Å². The Morgan fingerprint density at radius 3 is 3.09 bits per heavy atom. The van der Waals surface area contributed by atoms with Crippen LogP contribution in [0.25, 0.3) is 0 Å². The van der Waals surface area contributed by atoms with E-state index in [1.807, 2.05) is 12.1 Å². The summed E-state index contributed by atoms with van der Waals surface area (Å²) in [4.78, 5) is 2.39. The molecule has 1 aromatic rings. The fraction of sp³-hybridized carbons (Fsp3) is 0.750. The van der Waals surface area contributed by atoms with Gasteiger partial charge in [0, 0.05) is 39.0 Å². The molecule has 0 amide bonds. The van der Waals surface area contributed by atoms with Crippen molar-refractivity contribution in [1.82, 2.24) is 15.1 Å². The standard InChI is InChI=1S/C16H26N4O3/c1-4-16(19-18-5-1)17-11-15-12-20(7-10-23-15)6-9-21-13-14-3-2-8-22-14/h1,4-5,14-15H,2-3,6-13H2,(H,17,19)/t14-,15-/m1/s1. The first-order valence-corrected chi connectivity index (χ1v) is 8.45. The van der Waals surface area contributed by atoms with E-state index in [1.54, 1.807) is 6.20 Å². The van der Waals surface area contributed by atoms with Crippen LogP contribution >= 0.6 is 0 Å². The van der Waals surface area contributed by atoms with Crippen molar-refractivity contribution in [2.75, 3.05) is 57.9 Å². The number of morpholine rings is 1. The lowest BCUT2D eigenvalue weighted by atomic mass is 10.2. The van der Waals surface area contributed by atoms with E-state index in [9.17, 15) is 0 Å². The lowest BCUT2D eigenvalue weighted by Crippen LogP contribution is -2.46. The molecule has 128 valence electrons. The van der Waals surface area contributed by atoms with Gasteiger partial charge in [0.1, 0.15) is 5.82 Å². The number of nitrogens with one attached hydrogen (secondary N) is 1. The molecule has 2 fully saturated rings. The average Bonchev–Trinajstić information content (AvgIpc) is 3.12. The van der Waals surface area contributed by atoms with Crippen molar-refractivity contribution in [3.05, 3.63) is 18.3 Å². The van der Waals surface area contributed by atoms with Gasteiger partial charge in [-0.05, 0) is 25.0 Å². The molecule has 1 aromatic heterocycles. The molecule has 0 saturated carbocycles. The smallest absolute Gasteiger partial charge is 0.148 e. The molecule has 2 aliphatic heterocycles. The summed E-state index contributed by atoms with van der Waals surface area (Å²) in [6, 6.07) is 3.78. The number of anilines is 1. The summed E-state index contributed by atoms with van der Waals surface area (Å²) in [6.45, 7) is 6.69. The van der Waals surface area contributed by atoms with Gasteiger partial charge >= 0.3 is 0 Å². The molecule has 1 N–H and O–H groups in total. The molecule has 7 nitrogen and oxygen atoms in total. The Morgan fingerprint density at radius 1 is 1.30 bits per heavy atom. The van der Waals surface area contributed by atoms with E-state index in [2.05, 4.69) is 20.4 Å². The molecule has 23 heavy (non-hydrogen) atoms. The summed E-state index contributed by atoms with van der Waals surface area (Å²) < 4.78 is 17.1. The van der Waals surface area contributed by atoms with Crippen LogP contribution in [0.4, 0.5) is 5.82 Å². The Balaban J connectivity index is 1.30. The Labute approximate surface area is 137 Å². The van der Waals surface area contributed by atoms with Crippen LogP contribution in [-0.4, -0.2) is 79.9 Å². The minimum absolute atomic E-state index is 0.170. The molecule has 2 atom stereocenters. The van der Waals surface area contributed by atoms with Crippen LogP contribution in [0.1, 0.15) is 12.8 Å². The van der Waals surface area contributed by atoms with E-state index < -0.39 is 0 Å². The minimum Gasteiger partial charge on any atom is -0.377 e. The zero-order chi connectivity index (χ0) is 15.7. The molecule has 0 spiro atoms. The molecule has 0 aliphatic carbocycles. The molecule has 2 aliphatic rings. The van der Waals surface area contributed by atoms with Gasteiger partial charge in [-0.3, -0.25) is 4.90 Å². The van der Waals surface area contributed by atoms with E-state index in [0.717, 1.165) is 71.3 Å². The predicted octanol–water partition coefficient (Wildman–Crippen LogP) is 0.785. The maximum absolute atomic E-state index is 5.80. The first-order valence-electron chi connectivity index (χ1n) is 8.45. The van der Waals surface area contributed by atoms with Crippen LogP contribution in [0.5, 0.6) is 0 Å². The van der Waals surface area contributed by atoms with Crippen molar-refractivity contribution in [3.8, 4) is 0 Å². The summed E-state index contributed by atoms with van der Waals surface area (Å²) in [5, 5.41) is 11.1. The fourth-order valence-corrected chi connectivity index (χ4v) is 2.91. The monoisotopic (exact) mass is 322 g/mol. The fourth-order valence-electron chi connectivity index (χ4n) is 2.91. The van der Waals surface area contributed by atoms with Crippen molar-refractivity contribution in [3.63, 3.8) is 0 Å². The van der Waals surface area contributed by atoms with E-state index >= 15 is 0 Å². The number of hydrogen-bond donors (Lipinski definition) is 1. The molecule has 0 bridgehead atoms. The normalized spacial score (nSPS) is 25.6. The van der Waals surface area contributed by atoms with Gasteiger partial charge in [0.15, 0.2) is 0 Å². The van der Waals surface area contributed by atoms with E-state index in [0.29, 0.717) is 6.10 Å². The van der Waals surface area contributed by atoms with Gasteiger partial charge in [0.25, 0.3) is 0 Å². The summed E-state index contributed by atoms with van der Waals surface area (Å²) >= 11 is 0. The average molecular weight is 322 g/mol. The van der Waals surface area contributed by atoms with Crippen molar-refractivity contribution in [1.29, 1.82) is 0 Å². The highest BCUT2D eigenvalue weighted by molar-refractivity contribution is 5.31. The zero-order valence-electron chi connectivity index (χ0n) is 13.5. The Morgan fingerprint density at radius 2 is 2.26 bits per heavy atom. The van der Waals surface area contributed by atoms with E-state index in [-0.39, 0.29) is 6.10 Å². The van der Waals surface area contributed by atoms with Gasteiger partial charge < -0.3 is 19.5 Å². The van der Waals surface area contributed by atoms with Gasteiger partial charge in [-0.15, -0.1) is 5.10 Å². The van der Waals surface area contributed by atoms with Crippen LogP contribution in [0.3, 0.4) is 0 Å². The quantitative estimate of drug-likeness (QED) is 0.710. The first kappa shape index (κ1) is 16.6. The number of rotatable bonds is 8. The van der Waals surface area contributed by atoms with E-state index in [4.69, 9.17) is 14.2 Å². The van der Waals surface area contributed by atoms with E-state index in [1.165, 1.54) is 0 Å². The maximum atomic E-state index is 5.80. The largest absolute Gasteiger partial charge is 0.377 e. The predicted molar refractivity (Wildman–Crippen MR) is 86.5 cm³/mol.